The van der Waals surface area contributed by atoms with E-state index in [-0.39, 0.29) is 5.91 Å². The molecule has 186 valence electrons. The first-order valence-electron chi connectivity index (χ1n) is 11.2. The van der Waals surface area contributed by atoms with Crippen LogP contribution in [0, 0.1) is 27.7 Å². The van der Waals surface area contributed by atoms with Crippen molar-refractivity contribution in [3.8, 4) is 17.2 Å². The molecule has 1 amide bonds. The van der Waals surface area contributed by atoms with Crippen molar-refractivity contribution in [3.63, 3.8) is 0 Å². The third-order valence-electron chi connectivity index (χ3n) is 5.70. The molecule has 0 bridgehead atoms. The van der Waals surface area contributed by atoms with E-state index in [0.717, 1.165) is 33.8 Å². The molecule has 2 aromatic carbocycles. The number of methoxy groups -OCH3 is 3. The van der Waals surface area contributed by atoms with E-state index < -0.39 is 0 Å². The third kappa shape index (κ3) is 5.92. The highest BCUT2D eigenvalue weighted by atomic mass is 16.5. The first-order valence-corrected chi connectivity index (χ1v) is 11.2. The van der Waals surface area contributed by atoms with Gasteiger partial charge in [0.05, 0.1) is 33.6 Å². The number of nitrogens with one attached hydrogen (secondary N) is 2. The van der Waals surface area contributed by atoms with Crippen LogP contribution in [0.3, 0.4) is 0 Å². The fraction of sp³-hybridized carbons (Fsp3) is 0.346. The molecule has 35 heavy (non-hydrogen) atoms. The lowest BCUT2D eigenvalue weighted by Crippen LogP contribution is -2.36. The minimum absolute atomic E-state index is 0.316. The van der Waals surface area contributed by atoms with Crippen molar-refractivity contribution in [3.05, 3.63) is 64.0 Å². The lowest BCUT2D eigenvalue weighted by atomic mass is 10.1. The minimum Gasteiger partial charge on any atom is -0.493 e. The summed E-state index contributed by atoms with van der Waals surface area (Å²) < 4.78 is 18.0. The molecule has 0 aliphatic carbocycles. The third-order valence-corrected chi connectivity index (χ3v) is 5.70. The molecule has 1 aromatic heterocycles. The van der Waals surface area contributed by atoms with Crippen LogP contribution in [0.25, 0.3) is 0 Å². The predicted octanol–water partition coefficient (Wildman–Crippen LogP) is 4.08. The molecule has 2 N–H and O–H groups in total. The van der Waals surface area contributed by atoms with Crippen LogP contribution in [-0.2, 0) is 13.6 Å². The molecular formula is C26H33N5O4. The van der Waals surface area contributed by atoms with Gasteiger partial charge in [0.1, 0.15) is 0 Å². The summed E-state index contributed by atoms with van der Waals surface area (Å²) in [5.41, 5.74) is 6.29. The average molecular weight is 480 g/mol. The number of hydrogen-bond donors (Lipinski definition) is 2. The Bertz CT molecular complexity index is 1220. The zero-order chi connectivity index (χ0) is 25.7. The Morgan fingerprint density at radius 3 is 2.03 bits per heavy atom. The van der Waals surface area contributed by atoms with Gasteiger partial charge in [0.15, 0.2) is 11.5 Å². The first kappa shape index (κ1) is 25.6. The highest BCUT2D eigenvalue weighted by molar-refractivity contribution is 6.10. The zero-order valence-electron chi connectivity index (χ0n) is 21.6. The molecule has 9 heteroatoms. The summed E-state index contributed by atoms with van der Waals surface area (Å²) in [6, 6.07) is 9.27. The number of benzene rings is 2. The number of aryl methyl sites for hydroxylation is 4. The molecule has 0 saturated carbocycles. The zero-order valence-corrected chi connectivity index (χ0v) is 21.6. The molecule has 1 heterocycles. The van der Waals surface area contributed by atoms with Crippen LogP contribution in [0.15, 0.2) is 35.3 Å². The molecule has 0 atom stereocenters. The second-order valence-electron chi connectivity index (χ2n) is 8.31. The van der Waals surface area contributed by atoms with Crippen LogP contribution in [0.1, 0.15) is 38.4 Å². The molecule has 0 aliphatic rings. The Labute approximate surface area is 206 Å². The van der Waals surface area contributed by atoms with E-state index in [1.165, 1.54) is 21.3 Å². The van der Waals surface area contributed by atoms with Crippen molar-refractivity contribution in [2.45, 2.75) is 34.2 Å². The lowest BCUT2D eigenvalue weighted by Gasteiger charge is -2.16. The van der Waals surface area contributed by atoms with Crippen LogP contribution in [0.5, 0.6) is 17.2 Å². The number of carbonyl (C=O) groups excluding carboxylic acids is 1. The molecule has 0 fully saturated rings. The molecule has 0 aliphatic heterocycles. The molecular weight excluding hydrogens is 446 g/mol. The number of anilines is 1. The number of ether oxygens (including phenoxy) is 3. The topological polar surface area (TPSA) is 99.0 Å². The van der Waals surface area contributed by atoms with Gasteiger partial charge in [0.25, 0.3) is 5.91 Å². The van der Waals surface area contributed by atoms with Crippen molar-refractivity contribution in [2.24, 2.45) is 12.0 Å². The Morgan fingerprint density at radius 1 is 0.943 bits per heavy atom. The Hall–Kier alpha value is -4.01. The maximum absolute atomic E-state index is 13.3. The van der Waals surface area contributed by atoms with Crippen molar-refractivity contribution >= 4 is 17.6 Å². The Kier molecular flexibility index (Phi) is 8.01. The van der Waals surface area contributed by atoms with E-state index in [9.17, 15) is 4.79 Å². The number of aliphatic imine (C=N–C) groups is 1. The minimum atomic E-state index is -0.375. The van der Waals surface area contributed by atoms with Crippen LogP contribution in [0.2, 0.25) is 0 Å². The Balaban J connectivity index is 1.96. The molecule has 3 aromatic rings. The van der Waals surface area contributed by atoms with Crippen LogP contribution in [-0.4, -0.2) is 43.0 Å². The van der Waals surface area contributed by atoms with Gasteiger partial charge in [-0.2, -0.15) is 5.10 Å². The normalized spacial score (nSPS) is 11.3. The van der Waals surface area contributed by atoms with E-state index in [0.29, 0.717) is 35.3 Å². The highest BCUT2D eigenvalue weighted by Crippen LogP contribution is 2.38. The summed E-state index contributed by atoms with van der Waals surface area (Å²) in [4.78, 5) is 18.0. The predicted molar refractivity (Wildman–Crippen MR) is 137 cm³/mol. The van der Waals surface area contributed by atoms with E-state index in [1.807, 2.05) is 51.6 Å². The van der Waals surface area contributed by atoms with E-state index in [4.69, 9.17) is 19.2 Å². The van der Waals surface area contributed by atoms with Gasteiger partial charge in [0.2, 0.25) is 11.7 Å². The van der Waals surface area contributed by atoms with Gasteiger partial charge in [-0.3, -0.25) is 14.8 Å². The first-order chi connectivity index (χ1) is 16.7. The number of rotatable bonds is 7. The van der Waals surface area contributed by atoms with Gasteiger partial charge in [-0.25, -0.2) is 4.99 Å². The average Bonchev–Trinajstić information content (AvgIpc) is 3.06. The number of carbonyl (C=O) groups is 1. The Morgan fingerprint density at radius 2 is 1.54 bits per heavy atom. The maximum Gasteiger partial charge on any atom is 0.258 e. The standard InChI is InChI=1S/C26H33N5O4/c1-15-9-16(2)11-20(10-15)28-26(27-14-21-17(3)30-31(5)18(21)4)29-25(32)19-12-22(33-6)24(35-8)23(13-19)34-7/h9-13H,14H2,1-8H3,(H2,27,28,29,32). The fourth-order valence-electron chi connectivity index (χ4n) is 3.89. The lowest BCUT2D eigenvalue weighted by molar-refractivity contribution is 0.0976. The SMILES string of the molecule is COc1cc(C(=O)NC(=NCc2c(C)nn(C)c2C)Nc2cc(C)cc(C)c2)cc(OC)c1OC. The summed E-state index contributed by atoms with van der Waals surface area (Å²) >= 11 is 0. The maximum atomic E-state index is 13.3. The number of guanidine groups is 1. The van der Waals surface area contributed by atoms with Gasteiger partial charge in [-0.15, -0.1) is 0 Å². The number of amides is 1. The van der Waals surface area contributed by atoms with E-state index >= 15 is 0 Å². The van der Waals surface area contributed by atoms with Crippen molar-refractivity contribution in [2.75, 3.05) is 26.6 Å². The summed E-state index contributed by atoms with van der Waals surface area (Å²) in [7, 11) is 6.43. The van der Waals surface area contributed by atoms with Gasteiger partial charge in [-0.05, 0) is 63.1 Å². The largest absolute Gasteiger partial charge is 0.493 e. The van der Waals surface area contributed by atoms with Crippen molar-refractivity contribution in [1.82, 2.24) is 15.1 Å². The van der Waals surface area contributed by atoms with Crippen molar-refractivity contribution in [1.29, 1.82) is 0 Å². The van der Waals surface area contributed by atoms with E-state index in [2.05, 4.69) is 21.8 Å². The molecule has 3 rings (SSSR count). The highest BCUT2D eigenvalue weighted by Gasteiger charge is 2.18. The van der Waals surface area contributed by atoms with Gasteiger partial charge in [0, 0.05) is 29.6 Å². The van der Waals surface area contributed by atoms with Crippen molar-refractivity contribution < 1.29 is 19.0 Å². The monoisotopic (exact) mass is 479 g/mol. The van der Waals surface area contributed by atoms with Crippen LogP contribution in [0.4, 0.5) is 5.69 Å². The van der Waals surface area contributed by atoms with Crippen LogP contribution >= 0.6 is 0 Å². The van der Waals surface area contributed by atoms with E-state index in [1.54, 1.807) is 12.1 Å². The smallest absolute Gasteiger partial charge is 0.258 e. The second kappa shape index (κ2) is 10.9. The summed E-state index contributed by atoms with van der Waals surface area (Å²) in [6.45, 7) is 8.34. The number of aromatic nitrogens is 2. The molecule has 0 unspecified atom stereocenters. The molecule has 9 nitrogen and oxygen atoms in total. The molecule has 0 spiro atoms. The second-order valence-corrected chi connectivity index (χ2v) is 8.31. The summed E-state index contributed by atoms with van der Waals surface area (Å²) in [6.07, 6.45) is 0. The van der Waals surface area contributed by atoms with Gasteiger partial charge < -0.3 is 19.5 Å². The van der Waals surface area contributed by atoms with Gasteiger partial charge >= 0.3 is 0 Å². The molecule has 0 saturated heterocycles. The number of hydrogen-bond acceptors (Lipinski definition) is 6. The summed E-state index contributed by atoms with van der Waals surface area (Å²) in [5.74, 6) is 1.13. The quantitative estimate of drug-likeness (QED) is 0.391. The molecule has 0 radical (unpaired) electrons. The number of nitrogens with zero attached hydrogens (tertiary/aromatic N) is 3. The van der Waals surface area contributed by atoms with Gasteiger partial charge in [-0.1, -0.05) is 6.07 Å². The summed E-state index contributed by atoms with van der Waals surface area (Å²) in [5, 5.41) is 10.6. The van der Waals surface area contributed by atoms with Crippen LogP contribution < -0.4 is 24.8 Å². The fourth-order valence-corrected chi connectivity index (χ4v) is 3.89.